The van der Waals surface area contributed by atoms with Crippen molar-refractivity contribution >= 4 is 22.3 Å². The molecule has 0 unspecified atom stereocenters. The fourth-order valence-electron chi connectivity index (χ4n) is 5.04. The van der Waals surface area contributed by atoms with Gasteiger partial charge in [-0.3, -0.25) is 9.88 Å². The van der Waals surface area contributed by atoms with Crippen LogP contribution in [0.1, 0.15) is 40.3 Å². The highest BCUT2D eigenvalue weighted by Crippen LogP contribution is 2.33. The highest BCUT2D eigenvalue weighted by molar-refractivity contribution is 7.12. The summed E-state index contributed by atoms with van der Waals surface area (Å²) in [5.41, 5.74) is 5.17. The number of likely N-dealkylation sites (tertiary alicyclic amines) is 1. The van der Waals surface area contributed by atoms with Crippen molar-refractivity contribution in [2.45, 2.75) is 38.8 Å². The number of pyridine rings is 1. The molecule has 6 nitrogen and oxygen atoms in total. The first-order valence-corrected chi connectivity index (χ1v) is 13.1. The number of thiophene rings is 1. The zero-order chi connectivity index (χ0) is 24.2. The maximum atomic E-state index is 9.04. The van der Waals surface area contributed by atoms with Crippen LogP contribution in [0.4, 0.5) is 0 Å². The number of benzene rings is 1. The lowest BCUT2D eigenvalue weighted by Gasteiger charge is -2.31. The van der Waals surface area contributed by atoms with Gasteiger partial charge in [0.1, 0.15) is 10.9 Å². The molecule has 180 valence electrons. The fourth-order valence-corrected chi connectivity index (χ4v) is 5.89. The van der Waals surface area contributed by atoms with E-state index >= 15 is 0 Å². The van der Waals surface area contributed by atoms with Crippen LogP contribution in [0.3, 0.4) is 0 Å². The van der Waals surface area contributed by atoms with Crippen molar-refractivity contribution in [3.8, 4) is 17.3 Å². The Kier molecular flexibility index (Phi) is 7.24. The number of piperidine rings is 1. The standard InChI is InChI=1S/C28H31N5OS/c1-32(2)19-25-23(26-5-3-4-14-30-26)9-10-24-27(31-34-28(24)25)11-6-20-12-15-33(16-13-20)18-22-8-7-21(17-29)35-22/h3-5,7-10,14,20H,6,11-13,15-16,18-19H2,1-2H3. The van der Waals surface area contributed by atoms with Crippen LogP contribution in [0, 0.1) is 17.2 Å². The monoisotopic (exact) mass is 485 g/mol. The van der Waals surface area contributed by atoms with Crippen molar-refractivity contribution < 1.29 is 4.52 Å². The highest BCUT2D eigenvalue weighted by atomic mass is 32.1. The van der Waals surface area contributed by atoms with Crippen molar-refractivity contribution in [3.63, 3.8) is 0 Å². The van der Waals surface area contributed by atoms with Gasteiger partial charge in [0, 0.05) is 40.7 Å². The first-order valence-electron chi connectivity index (χ1n) is 12.3. The molecule has 4 heterocycles. The summed E-state index contributed by atoms with van der Waals surface area (Å²) in [7, 11) is 4.15. The lowest BCUT2D eigenvalue weighted by Crippen LogP contribution is -2.33. The minimum Gasteiger partial charge on any atom is -0.356 e. The molecule has 0 saturated carbocycles. The minimum atomic E-state index is 0.713. The minimum absolute atomic E-state index is 0.713. The first kappa shape index (κ1) is 23.7. The van der Waals surface area contributed by atoms with E-state index in [1.807, 2.05) is 30.5 Å². The second kappa shape index (κ2) is 10.7. The summed E-state index contributed by atoms with van der Waals surface area (Å²) in [6, 6.07) is 16.6. The molecular formula is C28H31N5OS. The lowest BCUT2D eigenvalue weighted by molar-refractivity contribution is 0.173. The van der Waals surface area contributed by atoms with Gasteiger partial charge in [0.25, 0.3) is 0 Å². The van der Waals surface area contributed by atoms with Crippen LogP contribution >= 0.6 is 11.3 Å². The number of hydrogen-bond donors (Lipinski definition) is 0. The fraction of sp³-hybridized carbons (Fsp3) is 0.393. The van der Waals surface area contributed by atoms with Gasteiger partial charge in [-0.2, -0.15) is 5.26 Å². The van der Waals surface area contributed by atoms with E-state index in [4.69, 9.17) is 9.78 Å². The van der Waals surface area contributed by atoms with E-state index in [2.05, 4.69) is 58.3 Å². The zero-order valence-electron chi connectivity index (χ0n) is 20.4. The smallest absolute Gasteiger partial charge is 0.172 e. The Morgan fingerprint density at radius 3 is 2.71 bits per heavy atom. The molecule has 1 aliphatic heterocycles. The number of aryl methyl sites for hydroxylation is 1. The maximum Gasteiger partial charge on any atom is 0.172 e. The normalized spacial score (nSPS) is 15.1. The Morgan fingerprint density at radius 2 is 2.00 bits per heavy atom. The summed E-state index contributed by atoms with van der Waals surface area (Å²) in [4.78, 5) is 11.3. The quantitative estimate of drug-likeness (QED) is 0.317. The van der Waals surface area contributed by atoms with Crippen LogP contribution in [-0.4, -0.2) is 47.1 Å². The van der Waals surface area contributed by atoms with Gasteiger partial charge in [0.15, 0.2) is 5.58 Å². The average molecular weight is 486 g/mol. The molecule has 0 amide bonds. The summed E-state index contributed by atoms with van der Waals surface area (Å²) < 4.78 is 5.94. The van der Waals surface area contributed by atoms with Gasteiger partial charge < -0.3 is 9.42 Å². The number of rotatable bonds is 8. The molecule has 1 aliphatic rings. The first-order chi connectivity index (χ1) is 17.1. The highest BCUT2D eigenvalue weighted by Gasteiger charge is 2.22. The van der Waals surface area contributed by atoms with Crippen molar-refractivity contribution in [1.29, 1.82) is 5.26 Å². The van der Waals surface area contributed by atoms with Gasteiger partial charge in [-0.1, -0.05) is 17.3 Å². The maximum absolute atomic E-state index is 9.04. The summed E-state index contributed by atoms with van der Waals surface area (Å²) in [6.07, 6.45) is 6.33. The second-order valence-electron chi connectivity index (χ2n) is 9.69. The molecule has 0 bridgehead atoms. The Labute approximate surface area is 210 Å². The Hall–Kier alpha value is -3.05. The van der Waals surface area contributed by atoms with Gasteiger partial charge in [-0.25, -0.2) is 0 Å². The molecule has 1 aromatic carbocycles. The summed E-state index contributed by atoms with van der Waals surface area (Å²) >= 11 is 1.61. The molecule has 1 fully saturated rings. The zero-order valence-corrected chi connectivity index (χ0v) is 21.2. The molecule has 0 spiro atoms. The van der Waals surface area contributed by atoms with Crippen LogP contribution in [0.15, 0.2) is 53.2 Å². The van der Waals surface area contributed by atoms with Gasteiger partial charge in [0.05, 0.1) is 11.4 Å². The molecular weight excluding hydrogens is 454 g/mol. The summed E-state index contributed by atoms with van der Waals surface area (Å²) in [6.45, 7) is 3.96. The number of aromatic nitrogens is 2. The lowest BCUT2D eigenvalue weighted by atomic mass is 9.90. The third-order valence-electron chi connectivity index (χ3n) is 6.88. The van der Waals surface area contributed by atoms with E-state index in [0.717, 1.165) is 77.4 Å². The van der Waals surface area contributed by atoms with E-state index in [0.29, 0.717) is 5.92 Å². The van der Waals surface area contributed by atoms with E-state index in [1.54, 1.807) is 11.3 Å². The molecule has 0 radical (unpaired) electrons. The predicted octanol–water partition coefficient (Wildman–Crippen LogP) is 5.73. The van der Waals surface area contributed by atoms with Gasteiger partial charge >= 0.3 is 0 Å². The molecule has 7 heteroatoms. The third kappa shape index (κ3) is 5.46. The molecule has 35 heavy (non-hydrogen) atoms. The SMILES string of the molecule is CN(C)Cc1c(-c2ccccn2)ccc2c(CCC3CCN(Cc4ccc(C#N)s4)CC3)noc12. The van der Waals surface area contributed by atoms with E-state index in [9.17, 15) is 0 Å². The largest absolute Gasteiger partial charge is 0.356 e. The van der Waals surface area contributed by atoms with Crippen LogP contribution in [0.25, 0.3) is 22.2 Å². The van der Waals surface area contributed by atoms with Gasteiger partial charge in [0.2, 0.25) is 0 Å². The number of hydrogen-bond acceptors (Lipinski definition) is 7. The van der Waals surface area contributed by atoms with E-state index < -0.39 is 0 Å². The van der Waals surface area contributed by atoms with Crippen LogP contribution in [-0.2, 0) is 19.5 Å². The van der Waals surface area contributed by atoms with Crippen LogP contribution in [0.5, 0.6) is 0 Å². The average Bonchev–Trinajstić information content (AvgIpc) is 3.51. The number of nitriles is 1. The molecule has 0 aliphatic carbocycles. The summed E-state index contributed by atoms with van der Waals surface area (Å²) in [5, 5.41) is 14.7. The molecule has 3 aromatic heterocycles. The third-order valence-corrected chi connectivity index (χ3v) is 7.86. The van der Waals surface area contributed by atoms with Gasteiger partial charge in [-0.15, -0.1) is 11.3 Å². The van der Waals surface area contributed by atoms with Gasteiger partial charge in [-0.05, 0) is 89.1 Å². The van der Waals surface area contributed by atoms with Crippen LogP contribution < -0.4 is 0 Å². The Morgan fingerprint density at radius 1 is 1.14 bits per heavy atom. The van der Waals surface area contributed by atoms with Crippen LogP contribution in [0.2, 0.25) is 0 Å². The van der Waals surface area contributed by atoms with Crippen molar-refractivity contribution in [2.75, 3.05) is 27.2 Å². The molecule has 0 atom stereocenters. The van der Waals surface area contributed by atoms with E-state index in [-0.39, 0.29) is 0 Å². The molecule has 4 aromatic rings. The molecule has 0 N–H and O–H groups in total. The van der Waals surface area contributed by atoms with E-state index in [1.165, 1.54) is 17.7 Å². The van der Waals surface area contributed by atoms with Crippen molar-refractivity contribution in [1.82, 2.24) is 19.9 Å². The topological polar surface area (TPSA) is 69.2 Å². The van der Waals surface area contributed by atoms with Crippen molar-refractivity contribution in [3.05, 3.63) is 69.7 Å². The predicted molar refractivity (Wildman–Crippen MR) is 140 cm³/mol. The number of fused-ring (bicyclic) bond motifs is 1. The Bertz CT molecular complexity index is 1310. The second-order valence-corrected chi connectivity index (χ2v) is 10.9. The number of nitrogens with zero attached hydrogens (tertiary/aromatic N) is 5. The molecule has 5 rings (SSSR count). The van der Waals surface area contributed by atoms with Crippen molar-refractivity contribution in [2.24, 2.45) is 5.92 Å². The Balaban J connectivity index is 1.24. The summed E-state index contributed by atoms with van der Waals surface area (Å²) in [5.74, 6) is 0.713. The molecule has 1 saturated heterocycles.